The summed E-state index contributed by atoms with van der Waals surface area (Å²) in [6.07, 6.45) is 0.588. The van der Waals surface area contributed by atoms with E-state index in [-0.39, 0.29) is 12.0 Å². The zero-order valence-electron chi connectivity index (χ0n) is 8.72. The normalized spacial score (nSPS) is 17.8. The number of hydrogen-bond acceptors (Lipinski definition) is 3. The molecule has 0 bridgehead atoms. The largest absolute Gasteiger partial charge is 0.464 e. The van der Waals surface area contributed by atoms with Gasteiger partial charge in [-0.05, 0) is 24.6 Å². The summed E-state index contributed by atoms with van der Waals surface area (Å²) in [7, 11) is 0. The minimum atomic E-state index is -0.329. The van der Waals surface area contributed by atoms with E-state index in [4.69, 9.17) is 27.9 Å². The Morgan fingerprint density at radius 3 is 2.88 bits per heavy atom. The number of nitrogens with one attached hydrogen (secondary N) is 1. The lowest BCUT2D eigenvalue weighted by Gasteiger charge is -2.09. The number of carbonyl (C=O) groups is 1. The van der Waals surface area contributed by atoms with Crippen molar-refractivity contribution in [3.05, 3.63) is 27.7 Å². The maximum absolute atomic E-state index is 11.5. The standard InChI is InChI=1S/C11H11Cl2NO2/c1-2-16-11(15)10-4-6-3-7(12)8(13)5-9(6)14-10/h3,5,10,14H,2,4H2,1H3. The van der Waals surface area contributed by atoms with Gasteiger partial charge in [-0.25, -0.2) is 4.79 Å². The summed E-state index contributed by atoms with van der Waals surface area (Å²) in [5.41, 5.74) is 1.85. The number of halogens is 2. The van der Waals surface area contributed by atoms with Crippen LogP contribution in [0.2, 0.25) is 10.0 Å². The van der Waals surface area contributed by atoms with Crippen molar-refractivity contribution in [2.24, 2.45) is 0 Å². The van der Waals surface area contributed by atoms with E-state index in [1.165, 1.54) is 0 Å². The van der Waals surface area contributed by atoms with Crippen LogP contribution >= 0.6 is 23.2 Å². The third-order valence-corrected chi connectivity index (χ3v) is 3.19. The molecule has 0 saturated heterocycles. The van der Waals surface area contributed by atoms with E-state index in [2.05, 4.69) is 5.32 Å². The van der Waals surface area contributed by atoms with Crippen LogP contribution in [0, 0.1) is 0 Å². The number of rotatable bonds is 2. The van der Waals surface area contributed by atoms with Gasteiger partial charge in [-0.15, -0.1) is 0 Å². The highest BCUT2D eigenvalue weighted by atomic mass is 35.5. The van der Waals surface area contributed by atoms with E-state index >= 15 is 0 Å². The highest BCUT2D eigenvalue weighted by molar-refractivity contribution is 6.42. The average molecular weight is 260 g/mol. The fourth-order valence-corrected chi connectivity index (χ4v) is 2.08. The van der Waals surface area contributed by atoms with Gasteiger partial charge in [0.2, 0.25) is 0 Å². The molecule has 1 aliphatic heterocycles. The lowest BCUT2D eigenvalue weighted by Crippen LogP contribution is -2.28. The van der Waals surface area contributed by atoms with E-state index in [1.54, 1.807) is 19.1 Å². The SMILES string of the molecule is CCOC(=O)C1Cc2cc(Cl)c(Cl)cc2N1. The second kappa shape index (κ2) is 4.52. The second-order valence-corrected chi connectivity index (χ2v) is 4.39. The molecular weight excluding hydrogens is 249 g/mol. The number of esters is 1. The summed E-state index contributed by atoms with van der Waals surface area (Å²) in [5.74, 6) is -0.244. The van der Waals surface area contributed by atoms with Crippen LogP contribution in [-0.4, -0.2) is 18.6 Å². The maximum Gasteiger partial charge on any atom is 0.328 e. The molecule has 1 unspecified atom stereocenters. The molecule has 3 nitrogen and oxygen atoms in total. The van der Waals surface area contributed by atoms with Gasteiger partial charge >= 0.3 is 5.97 Å². The first-order chi connectivity index (χ1) is 7.61. The van der Waals surface area contributed by atoms with Crippen molar-refractivity contribution in [1.82, 2.24) is 0 Å². The molecule has 0 fully saturated rings. The van der Waals surface area contributed by atoms with Crippen LogP contribution in [0.1, 0.15) is 12.5 Å². The Balaban J connectivity index is 2.18. The van der Waals surface area contributed by atoms with Gasteiger partial charge in [0.05, 0.1) is 16.7 Å². The van der Waals surface area contributed by atoms with Crippen LogP contribution in [0.4, 0.5) is 5.69 Å². The van der Waals surface area contributed by atoms with Crippen LogP contribution in [0.3, 0.4) is 0 Å². The number of benzene rings is 1. The predicted molar refractivity (Wildman–Crippen MR) is 64.2 cm³/mol. The molecule has 1 atom stereocenters. The van der Waals surface area contributed by atoms with Gasteiger partial charge in [0.15, 0.2) is 0 Å². The molecule has 0 amide bonds. The smallest absolute Gasteiger partial charge is 0.328 e. The van der Waals surface area contributed by atoms with Crippen molar-refractivity contribution in [1.29, 1.82) is 0 Å². The highest BCUT2D eigenvalue weighted by Crippen LogP contribution is 2.34. The Kier molecular flexibility index (Phi) is 3.26. The van der Waals surface area contributed by atoms with Gasteiger partial charge in [0.25, 0.3) is 0 Å². The van der Waals surface area contributed by atoms with Crippen molar-refractivity contribution < 1.29 is 9.53 Å². The van der Waals surface area contributed by atoms with Crippen LogP contribution in [0.25, 0.3) is 0 Å². The highest BCUT2D eigenvalue weighted by Gasteiger charge is 2.28. The van der Waals surface area contributed by atoms with Gasteiger partial charge in [-0.3, -0.25) is 0 Å². The molecule has 0 aliphatic carbocycles. The lowest BCUT2D eigenvalue weighted by atomic mass is 10.1. The minimum absolute atomic E-state index is 0.244. The third-order valence-electron chi connectivity index (χ3n) is 2.47. The fraction of sp³-hybridized carbons (Fsp3) is 0.364. The lowest BCUT2D eigenvalue weighted by molar-refractivity contribution is -0.143. The zero-order valence-corrected chi connectivity index (χ0v) is 10.2. The van der Waals surface area contributed by atoms with Crippen LogP contribution in [-0.2, 0) is 16.0 Å². The topological polar surface area (TPSA) is 38.3 Å². The number of anilines is 1. The van der Waals surface area contributed by atoms with Gasteiger partial charge < -0.3 is 10.1 Å². The first kappa shape index (κ1) is 11.6. The van der Waals surface area contributed by atoms with E-state index in [0.717, 1.165) is 11.3 Å². The molecular formula is C11H11Cl2NO2. The Hall–Kier alpha value is -0.930. The fourth-order valence-electron chi connectivity index (χ4n) is 1.74. The molecule has 0 saturated carbocycles. The van der Waals surface area contributed by atoms with Gasteiger partial charge in [-0.2, -0.15) is 0 Å². The molecule has 0 aromatic heterocycles. The summed E-state index contributed by atoms with van der Waals surface area (Å²) in [4.78, 5) is 11.5. The Morgan fingerprint density at radius 1 is 1.50 bits per heavy atom. The molecule has 1 aliphatic rings. The van der Waals surface area contributed by atoms with Crippen molar-refractivity contribution in [3.63, 3.8) is 0 Å². The zero-order chi connectivity index (χ0) is 11.7. The molecule has 1 aromatic rings. The van der Waals surface area contributed by atoms with Crippen LogP contribution < -0.4 is 5.32 Å². The van der Waals surface area contributed by atoms with Crippen LogP contribution in [0.15, 0.2) is 12.1 Å². The quantitative estimate of drug-likeness (QED) is 0.831. The molecule has 16 heavy (non-hydrogen) atoms. The second-order valence-electron chi connectivity index (χ2n) is 3.58. The molecule has 1 aromatic carbocycles. The predicted octanol–water partition coefficient (Wildman–Crippen LogP) is 2.89. The maximum atomic E-state index is 11.5. The van der Waals surface area contributed by atoms with Gasteiger partial charge in [0, 0.05) is 12.1 Å². The Morgan fingerprint density at radius 2 is 2.19 bits per heavy atom. The summed E-state index contributed by atoms with van der Waals surface area (Å²) in [5, 5.41) is 4.06. The van der Waals surface area contributed by atoms with Crippen molar-refractivity contribution >= 4 is 34.9 Å². The van der Waals surface area contributed by atoms with Crippen molar-refractivity contribution in [3.8, 4) is 0 Å². The first-order valence-electron chi connectivity index (χ1n) is 5.03. The number of fused-ring (bicyclic) bond motifs is 1. The molecule has 1 N–H and O–H groups in total. The average Bonchev–Trinajstić information content (AvgIpc) is 2.62. The summed E-state index contributed by atoms with van der Waals surface area (Å²) < 4.78 is 4.95. The molecule has 5 heteroatoms. The Bertz CT molecular complexity index is 403. The van der Waals surface area contributed by atoms with Crippen molar-refractivity contribution in [2.45, 2.75) is 19.4 Å². The summed E-state index contributed by atoms with van der Waals surface area (Å²) in [6.45, 7) is 2.17. The monoisotopic (exact) mass is 259 g/mol. The molecule has 1 heterocycles. The first-order valence-corrected chi connectivity index (χ1v) is 5.78. The molecule has 0 spiro atoms. The Labute approximate surface area is 104 Å². The van der Waals surface area contributed by atoms with E-state index in [0.29, 0.717) is 23.1 Å². The number of ether oxygens (including phenoxy) is 1. The molecule has 2 rings (SSSR count). The molecule has 0 radical (unpaired) electrons. The summed E-state index contributed by atoms with van der Waals surface area (Å²) in [6, 6.07) is 3.19. The van der Waals surface area contributed by atoms with E-state index in [9.17, 15) is 4.79 Å². The van der Waals surface area contributed by atoms with Crippen LogP contribution in [0.5, 0.6) is 0 Å². The minimum Gasteiger partial charge on any atom is -0.464 e. The number of hydrogen-bond donors (Lipinski definition) is 1. The van der Waals surface area contributed by atoms with E-state index in [1.807, 2.05) is 0 Å². The van der Waals surface area contributed by atoms with Gasteiger partial charge in [0.1, 0.15) is 6.04 Å². The van der Waals surface area contributed by atoms with Crippen molar-refractivity contribution in [2.75, 3.05) is 11.9 Å². The number of carbonyl (C=O) groups excluding carboxylic acids is 1. The third kappa shape index (κ3) is 2.11. The molecule has 86 valence electrons. The van der Waals surface area contributed by atoms with E-state index < -0.39 is 0 Å². The van der Waals surface area contributed by atoms with Gasteiger partial charge in [-0.1, -0.05) is 23.2 Å². The summed E-state index contributed by atoms with van der Waals surface area (Å²) >= 11 is 11.8.